The van der Waals surface area contributed by atoms with Gasteiger partial charge in [-0.2, -0.15) is 0 Å². The summed E-state index contributed by atoms with van der Waals surface area (Å²) in [5, 5.41) is 3.88. The van der Waals surface area contributed by atoms with E-state index < -0.39 is 0 Å². The van der Waals surface area contributed by atoms with Gasteiger partial charge >= 0.3 is 0 Å². The Balaban J connectivity index is 2.15. The van der Waals surface area contributed by atoms with E-state index in [-0.39, 0.29) is 5.82 Å². The highest BCUT2D eigenvalue weighted by Crippen LogP contribution is 2.33. The quantitative estimate of drug-likeness (QED) is 0.787. The van der Waals surface area contributed by atoms with Gasteiger partial charge in [-0.25, -0.2) is 4.39 Å². The van der Waals surface area contributed by atoms with Crippen LogP contribution >= 0.6 is 0 Å². The first-order chi connectivity index (χ1) is 10.2. The summed E-state index contributed by atoms with van der Waals surface area (Å²) in [7, 11) is 3.51. The molecule has 0 bridgehead atoms. The summed E-state index contributed by atoms with van der Waals surface area (Å²) in [5.41, 5.74) is 2.26. The molecule has 0 unspecified atom stereocenters. The molecule has 0 fully saturated rings. The Morgan fingerprint density at radius 2 is 2.05 bits per heavy atom. The number of hydrogen-bond acceptors (Lipinski definition) is 3. The summed E-state index contributed by atoms with van der Waals surface area (Å²) in [5.74, 6) is 1.09. The number of halogens is 1. The summed E-state index contributed by atoms with van der Waals surface area (Å²) >= 11 is 0. The molecule has 0 saturated carbocycles. The second-order valence-electron chi connectivity index (χ2n) is 4.82. The molecule has 0 atom stereocenters. The smallest absolute Gasteiger partial charge is 0.170 e. The molecule has 0 aliphatic heterocycles. The molecule has 108 valence electrons. The molecule has 0 amide bonds. The maximum atomic E-state index is 13.8. The average molecular weight is 285 g/mol. The van der Waals surface area contributed by atoms with E-state index >= 15 is 0 Å². The number of hydrogen-bond donors (Lipinski definition) is 1. The highest BCUT2D eigenvalue weighted by Gasteiger charge is 2.13. The predicted molar refractivity (Wildman–Crippen MR) is 80.9 cm³/mol. The molecule has 0 saturated heterocycles. The van der Waals surface area contributed by atoms with Crippen LogP contribution in [0.3, 0.4) is 0 Å². The lowest BCUT2D eigenvalue weighted by Gasteiger charge is -2.09. The molecular formula is C17H16FNO2. The van der Waals surface area contributed by atoms with Gasteiger partial charge in [-0.05, 0) is 42.9 Å². The van der Waals surface area contributed by atoms with Crippen LogP contribution in [0.15, 0.2) is 46.9 Å². The topological polar surface area (TPSA) is 34.4 Å². The predicted octanol–water partition coefficient (Wildman–Crippen LogP) is 3.97. The fraction of sp³-hybridized carbons (Fsp3) is 0.176. The van der Waals surface area contributed by atoms with Crippen molar-refractivity contribution in [3.05, 3.63) is 53.8 Å². The van der Waals surface area contributed by atoms with Crippen molar-refractivity contribution in [2.45, 2.75) is 6.54 Å². The number of furan rings is 1. The van der Waals surface area contributed by atoms with E-state index in [0.29, 0.717) is 17.9 Å². The van der Waals surface area contributed by atoms with Crippen molar-refractivity contribution in [3.8, 4) is 17.1 Å². The normalized spacial score (nSPS) is 11.0. The summed E-state index contributed by atoms with van der Waals surface area (Å²) in [4.78, 5) is 0. The van der Waals surface area contributed by atoms with E-state index in [1.54, 1.807) is 13.2 Å². The van der Waals surface area contributed by atoms with Crippen molar-refractivity contribution in [2.75, 3.05) is 14.2 Å². The molecular weight excluding hydrogens is 269 g/mol. The molecule has 3 aromatic rings. The molecule has 0 aliphatic carbocycles. The number of methoxy groups -OCH3 is 1. The molecule has 3 nitrogen and oxygen atoms in total. The van der Waals surface area contributed by atoms with E-state index in [1.165, 1.54) is 6.07 Å². The molecule has 0 radical (unpaired) electrons. The minimum Gasteiger partial charge on any atom is -0.497 e. The Morgan fingerprint density at radius 3 is 2.76 bits per heavy atom. The van der Waals surface area contributed by atoms with E-state index in [9.17, 15) is 4.39 Å². The van der Waals surface area contributed by atoms with E-state index in [0.717, 1.165) is 22.3 Å². The van der Waals surface area contributed by atoms with E-state index in [4.69, 9.17) is 9.15 Å². The van der Waals surface area contributed by atoms with Crippen LogP contribution in [-0.2, 0) is 6.54 Å². The second kappa shape index (κ2) is 5.58. The van der Waals surface area contributed by atoms with Crippen LogP contribution in [-0.4, -0.2) is 14.2 Å². The number of para-hydroxylation sites is 1. The lowest BCUT2D eigenvalue weighted by molar-refractivity contribution is 0.414. The van der Waals surface area contributed by atoms with Crippen molar-refractivity contribution in [1.29, 1.82) is 0 Å². The Kier molecular flexibility index (Phi) is 3.62. The maximum Gasteiger partial charge on any atom is 0.170 e. The minimum atomic E-state index is -0.345. The molecule has 21 heavy (non-hydrogen) atoms. The third-order valence-electron chi connectivity index (χ3n) is 3.44. The van der Waals surface area contributed by atoms with Gasteiger partial charge in [-0.1, -0.05) is 12.1 Å². The molecule has 0 spiro atoms. The van der Waals surface area contributed by atoms with Crippen molar-refractivity contribution in [2.24, 2.45) is 0 Å². The summed E-state index contributed by atoms with van der Waals surface area (Å²) in [6, 6.07) is 12.5. The van der Waals surface area contributed by atoms with Gasteiger partial charge in [-0.15, -0.1) is 0 Å². The van der Waals surface area contributed by atoms with Gasteiger partial charge in [-0.3, -0.25) is 0 Å². The van der Waals surface area contributed by atoms with Crippen LogP contribution in [0.2, 0.25) is 0 Å². The van der Waals surface area contributed by atoms with Gasteiger partial charge in [0.05, 0.1) is 7.11 Å². The van der Waals surface area contributed by atoms with Gasteiger partial charge < -0.3 is 14.5 Å². The van der Waals surface area contributed by atoms with Crippen LogP contribution in [0, 0.1) is 5.82 Å². The molecule has 0 aliphatic rings. The van der Waals surface area contributed by atoms with Crippen LogP contribution in [0.5, 0.6) is 5.75 Å². The van der Waals surface area contributed by atoms with E-state index in [2.05, 4.69) is 5.32 Å². The first-order valence-electron chi connectivity index (χ1n) is 6.73. The zero-order chi connectivity index (χ0) is 14.8. The summed E-state index contributed by atoms with van der Waals surface area (Å²) in [6.45, 7) is 0.673. The molecule has 2 aromatic carbocycles. The number of ether oxygens (including phenoxy) is 1. The van der Waals surface area contributed by atoms with Gasteiger partial charge in [0.15, 0.2) is 11.4 Å². The lowest BCUT2D eigenvalue weighted by Crippen LogP contribution is -2.06. The third-order valence-corrected chi connectivity index (χ3v) is 3.44. The number of fused-ring (bicyclic) bond motifs is 1. The molecule has 1 heterocycles. The maximum absolute atomic E-state index is 13.8. The third kappa shape index (κ3) is 2.50. The standard InChI is InChI=1S/C17H16FNO2/c1-19-10-12-8-13(20-2)6-7-14(12)16-9-11-4-3-5-15(18)17(11)21-16/h3-9,19H,10H2,1-2H3. The summed E-state index contributed by atoms with van der Waals surface area (Å²) in [6.07, 6.45) is 0. The molecule has 3 rings (SSSR count). The van der Waals surface area contributed by atoms with Crippen LogP contribution in [0.25, 0.3) is 22.3 Å². The Hall–Kier alpha value is -2.33. The average Bonchev–Trinajstić information content (AvgIpc) is 2.93. The Morgan fingerprint density at radius 1 is 1.19 bits per heavy atom. The Bertz CT molecular complexity index is 780. The van der Waals surface area contributed by atoms with Crippen molar-refractivity contribution >= 4 is 11.0 Å². The van der Waals surface area contributed by atoms with Crippen molar-refractivity contribution in [1.82, 2.24) is 5.32 Å². The monoisotopic (exact) mass is 285 g/mol. The number of nitrogens with one attached hydrogen (secondary N) is 1. The van der Waals surface area contributed by atoms with Crippen molar-refractivity contribution in [3.63, 3.8) is 0 Å². The molecule has 1 aromatic heterocycles. The largest absolute Gasteiger partial charge is 0.497 e. The number of benzene rings is 2. The highest BCUT2D eigenvalue weighted by atomic mass is 19.1. The van der Waals surface area contributed by atoms with Crippen molar-refractivity contribution < 1.29 is 13.5 Å². The zero-order valence-corrected chi connectivity index (χ0v) is 11.9. The van der Waals surface area contributed by atoms with Gasteiger partial charge in [0, 0.05) is 17.5 Å². The SMILES string of the molecule is CNCc1cc(OC)ccc1-c1cc2cccc(F)c2o1. The fourth-order valence-electron chi connectivity index (χ4n) is 2.43. The first kappa shape index (κ1) is 13.6. The molecule has 1 N–H and O–H groups in total. The van der Waals surface area contributed by atoms with Crippen LogP contribution in [0.1, 0.15) is 5.56 Å². The van der Waals surface area contributed by atoms with E-state index in [1.807, 2.05) is 37.4 Å². The zero-order valence-electron chi connectivity index (χ0n) is 11.9. The van der Waals surface area contributed by atoms with Gasteiger partial charge in [0.2, 0.25) is 0 Å². The van der Waals surface area contributed by atoms with Gasteiger partial charge in [0.1, 0.15) is 11.5 Å². The van der Waals surface area contributed by atoms with Crippen LogP contribution < -0.4 is 10.1 Å². The van der Waals surface area contributed by atoms with Gasteiger partial charge in [0.25, 0.3) is 0 Å². The number of rotatable bonds is 4. The fourth-order valence-corrected chi connectivity index (χ4v) is 2.43. The Labute approximate surface area is 122 Å². The molecule has 4 heteroatoms. The van der Waals surface area contributed by atoms with Crippen LogP contribution in [0.4, 0.5) is 4.39 Å². The lowest BCUT2D eigenvalue weighted by atomic mass is 10.0. The first-order valence-corrected chi connectivity index (χ1v) is 6.73. The minimum absolute atomic E-state index is 0.290. The highest BCUT2D eigenvalue weighted by molar-refractivity contribution is 5.84. The second-order valence-corrected chi connectivity index (χ2v) is 4.82. The summed E-state index contributed by atoms with van der Waals surface area (Å²) < 4.78 is 24.7.